The summed E-state index contributed by atoms with van der Waals surface area (Å²) in [4.78, 5) is 0. The van der Waals surface area contributed by atoms with Crippen molar-refractivity contribution in [1.82, 2.24) is 0 Å². The summed E-state index contributed by atoms with van der Waals surface area (Å²) in [6, 6.07) is 4.40. The van der Waals surface area contributed by atoms with E-state index in [2.05, 4.69) is 32.9 Å². The average molecular weight is 443 g/mol. The molecule has 0 amide bonds. The molecule has 1 aromatic rings. The van der Waals surface area contributed by atoms with Crippen molar-refractivity contribution in [2.45, 2.75) is 85.3 Å². The summed E-state index contributed by atoms with van der Waals surface area (Å²) < 4.78 is 23.7. The quantitative estimate of drug-likeness (QED) is 0.420. The first-order valence-electron chi connectivity index (χ1n) is 9.99. The number of unbranched alkanes of at least 4 members (excludes halogenated alkanes) is 3. The molecule has 138 valence electrons. The molecule has 1 fully saturated rings. The molecule has 1 aromatic heterocycles. The molecule has 0 N–H and O–H groups in total. The third-order valence-electron chi connectivity index (χ3n) is 5.44. The molecule has 0 radical (unpaired) electrons. The molecule has 2 rings (SSSR count). The van der Waals surface area contributed by atoms with Gasteiger partial charge >= 0.3 is 152 Å². The van der Waals surface area contributed by atoms with Crippen molar-refractivity contribution >= 4 is 22.2 Å². The molecule has 0 atom stereocenters. The van der Waals surface area contributed by atoms with Crippen molar-refractivity contribution in [3.05, 3.63) is 17.9 Å². The minimum absolute atomic E-state index is 0.655. The van der Waals surface area contributed by atoms with Gasteiger partial charge in [-0.2, -0.15) is 0 Å². The summed E-state index contributed by atoms with van der Waals surface area (Å²) in [7, 11) is 0. The van der Waals surface area contributed by atoms with Gasteiger partial charge < -0.3 is 0 Å². The van der Waals surface area contributed by atoms with Gasteiger partial charge in [0.05, 0.1) is 0 Å². The summed E-state index contributed by atoms with van der Waals surface area (Å²) in [5.74, 6) is 0.205. The van der Waals surface area contributed by atoms with Crippen LogP contribution in [0, 0.1) is 0 Å². The maximum atomic E-state index is 6.47. The van der Waals surface area contributed by atoms with Crippen molar-refractivity contribution in [1.29, 1.82) is 0 Å². The third-order valence-corrected chi connectivity index (χ3v) is 20.4. The zero-order valence-electron chi connectivity index (χ0n) is 16.2. The molecule has 4 heteroatoms. The predicted molar refractivity (Wildman–Crippen MR) is 102 cm³/mol. The zero-order valence-corrected chi connectivity index (χ0v) is 19.0. The van der Waals surface area contributed by atoms with Crippen LogP contribution in [-0.4, -0.2) is 31.6 Å². The molecule has 0 spiro atoms. The maximum absolute atomic E-state index is 6.47. The van der Waals surface area contributed by atoms with Gasteiger partial charge in [-0.05, 0) is 0 Å². The van der Waals surface area contributed by atoms with Crippen LogP contribution < -0.4 is 3.78 Å². The van der Waals surface area contributed by atoms with Crippen LogP contribution in [0.4, 0.5) is 0 Å². The van der Waals surface area contributed by atoms with Crippen LogP contribution in [0.3, 0.4) is 0 Å². The fourth-order valence-corrected chi connectivity index (χ4v) is 19.1. The van der Waals surface area contributed by atoms with E-state index in [1.807, 2.05) is 6.92 Å². The van der Waals surface area contributed by atoms with Gasteiger partial charge in [0.15, 0.2) is 0 Å². The summed E-state index contributed by atoms with van der Waals surface area (Å²) in [5, 5.41) is 0. The standard InChI is InChI=1S/C8H9O3.3C4H9.Sn/c1-8(10-5-6-11-8)7-3-2-4-9-7;3*1-3-4-2;/h2-3H,5-6H2,1H3;3*1,3-4H2,2H3;. The van der Waals surface area contributed by atoms with E-state index in [0.717, 1.165) is 5.76 Å². The van der Waals surface area contributed by atoms with Crippen LogP contribution in [0.2, 0.25) is 13.3 Å². The average Bonchev–Trinajstić information content (AvgIpc) is 3.25. The van der Waals surface area contributed by atoms with Gasteiger partial charge in [0.2, 0.25) is 0 Å². The second-order valence-electron chi connectivity index (χ2n) is 7.40. The SMILES string of the molecule is CCC[CH2][Sn]([CH2]CCC)([CH2]CCC)[c]1ccc(C2(C)OCCO2)o1. The Bertz CT molecular complexity index is 455. The molecule has 0 bridgehead atoms. The monoisotopic (exact) mass is 444 g/mol. The summed E-state index contributed by atoms with van der Waals surface area (Å²) in [5.41, 5.74) is 0. The number of hydrogen-bond donors (Lipinski definition) is 0. The molecule has 0 saturated carbocycles. The number of furan rings is 1. The predicted octanol–water partition coefficient (Wildman–Crippen LogP) is 5.56. The third kappa shape index (κ3) is 4.79. The molecular formula is C20H36O3Sn. The fraction of sp³-hybridized carbons (Fsp3) is 0.800. The molecule has 1 aliphatic rings. The van der Waals surface area contributed by atoms with Crippen LogP contribution in [0.25, 0.3) is 0 Å². The van der Waals surface area contributed by atoms with Crippen LogP contribution in [0.15, 0.2) is 16.5 Å². The molecular weight excluding hydrogens is 407 g/mol. The van der Waals surface area contributed by atoms with Crippen molar-refractivity contribution < 1.29 is 13.9 Å². The molecule has 1 aliphatic heterocycles. The van der Waals surface area contributed by atoms with Crippen molar-refractivity contribution in [2.75, 3.05) is 13.2 Å². The summed E-state index contributed by atoms with van der Waals surface area (Å²) in [6.45, 7) is 10.2. The normalized spacial score (nSPS) is 17.5. The van der Waals surface area contributed by atoms with Crippen LogP contribution >= 0.6 is 0 Å². The van der Waals surface area contributed by atoms with E-state index in [4.69, 9.17) is 13.9 Å². The van der Waals surface area contributed by atoms with Gasteiger partial charge in [0.25, 0.3) is 0 Å². The van der Waals surface area contributed by atoms with Crippen molar-refractivity contribution in [3.8, 4) is 0 Å². The van der Waals surface area contributed by atoms with E-state index in [0.29, 0.717) is 13.2 Å². The van der Waals surface area contributed by atoms with E-state index in [1.54, 1.807) is 0 Å². The Balaban J connectivity index is 2.28. The Morgan fingerprint density at radius 2 is 1.38 bits per heavy atom. The van der Waals surface area contributed by atoms with Crippen molar-refractivity contribution in [3.63, 3.8) is 0 Å². The van der Waals surface area contributed by atoms with Gasteiger partial charge in [-0.15, -0.1) is 0 Å². The Hall–Kier alpha value is -0.00130. The number of hydrogen-bond acceptors (Lipinski definition) is 3. The van der Waals surface area contributed by atoms with Gasteiger partial charge in [-0.1, -0.05) is 0 Å². The topological polar surface area (TPSA) is 31.6 Å². The van der Waals surface area contributed by atoms with E-state index in [1.165, 1.54) is 55.6 Å². The molecule has 0 aliphatic carbocycles. The van der Waals surface area contributed by atoms with E-state index in [9.17, 15) is 0 Å². The first-order chi connectivity index (χ1) is 11.6. The zero-order chi connectivity index (χ0) is 17.5. The second-order valence-corrected chi connectivity index (χ2v) is 20.4. The van der Waals surface area contributed by atoms with Crippen LogP contribution in [-0.2, 0) is 15.3 Å². The van der Waals surface area contributed by atoms with E-state index < -0.39 is 24.2 Å². The van der Waals surface area contributed by atoms with Crippen molar-refractivity contribution in [2.24, 2.45) is 0 Å². The first-order valence-corrected chi connectivity index (χ1v) is 17.5. The molecule has 0 aromatic carbocycles. The molecule has 2 heterocycles. The van der Waals surface area contributed by atoms with Gasteiger partial charge in [0, 0.05) is 0 Å². The van der Waals surface area contributed by atoms with Crippen LogP contribution in [0.5, 0.6) is 0 Å². The second kappa shape index (κ2) is 9.63. The van der Waals surface area contributed by atoms with E-state index >= 15 is 0 Å². The fourth-order valence-electron chi connectivity index (χ4n) is 3.81. The summed E-state index contributed by atoms with van der Waals surface area (Å²) >= 11 is -2.47. The number of rotatable bonds is 11. The van der Waals surface area contributed by atoms with Crippen LogP contribution in [0.1, 0.15) is 72.0 Å². The Morgan fingerprint density at radius 1 is 0.875 bits per heavy atom. The minimum atomic E-state index is -2.47. The molecule has 3 nitrogen and oxygen atoms in total. The first kappa shape index (κ1) is 20.3. The van der Waals surface area contributed by atoms with Gasteiger partial charge in [0.1, 0.15) is 0 Å². The molecule has 1 saturated heterocycles. The number of ether oxygens (including phenoxy) is 2. The van der Waals surface area contributed by atoms with Gasteiger partial charge in [-0.25, -0.2) is 0 Å². The molecule has 0 unspecified atom stereocenters. The Labute approximate surface area is 152 Å². The van der Waals surface area contributed by atoms with E-state index in [-0.39, 0.29) is 0 Å². The molecule has 24 heavy (non-hydrogen) atoms. The Morgan fingerprint density at radius 3 is 1.83 bits per heavy atom. The summed E-state index contributed by atoms with van der Waals surface area (Å²) in [6.07, 6.45) is 7.91. The van der Waals surface area contributed by atoms with Gasteiger partial charge in [-0.3, -0.25) is 0 Å². The Kier molecular flexibility index (Phi) is 8.15.